The van der Waals surface area contributed by atoms with E-state index in [9.17, 15) is 10.2 Å². The molecule has 1 aliphatic heterocycles. The molecule has 1 aromatic carbocycles. The van der Waals surface area contributed by atoms with Gasteiger partial charge in [0, 0.05) is 10.6 Å². The maximum absolute atomic E-state index is 10.3. The second-order valence-electron chi connectivity index (χ2n) is 6.49. The van der Waals surface area contributed by atoms with Crippen LogP contribution in [0.4, 0.5) is 0 Å². The molecule has 5 atom stereocenters. The molecule has 0 aromatic heterocycles. The van der Waals surface area contributed by atoms with Gasteiger partial charge < -0.3 is 10.2 Å². The van der Waals surface area contributed by atoms with Gasteiger partial charge in [-0.1, -0.05) is 18.2 Å². The van der Waals surface area contributed by atoms with Crippen molar-refractivity contribution < 1.29 is 20.0 Å². The molecule has 2 N–H and O–H groups in total. The molecular weight excluding hydrogens is 288 g/mol. The minimum atomic E-state index is -1.23. The monoisotopic (exact) mass is 310 g/mol. The molecular formula is C16H22O4S. The van der Waals surface area contributed by atoms with Crippen molar-refractivity contribution in [2.75, 3.05) is 5.75 Å². The molecule has 1 saturated carbocycles. The van der Waals surface area contributed by atoms with Gasteiger partial charge in [0.05, 0.1) is 6.10 Å². The minimum absolute atomic E-state index is 0.183. The third kappa shape index (κ3) is 2.85. The number of benzene rings is 1. The third-order valence-electron chi connectivity index (χ3n) is 4.82. The van der Waals surface area contributed by atoms with Crippen LogP contribution in [-0.4, -0.2) is 39.4 Å². The first kappa shape index (κ1) is 15.3. The number of fused-ring (bicyclic) bond motifs is 2. The van der Waals surface area contributed by atoms with Crippen LogP contribution in [0, 0.1) is 5.92 Å². The van der Waals surface area contributed by atoms with Crippen LogP contribution in [0.25, 0.3) is 0 Å². The Hall–Kier alpha value is -0.590. The van der Waals surface area contributed by atoms with E-state index < -0.39 is 23.4 Å². The number of rotatable bonds is 3. The van der Waals surface area contributed by atoms with Gasteiger partial charge >= 0.3 is 0 Å². The second kappa shape index (κ2) is 5.56. The van der Waals surface area contributed by atoms with E-state index in [4.69, 9.17) is 9.78 Å². The van der Waals surface area contributed by atoms with Gasteiger partial charge in [-0.3, -0.25) is 0 Å². The molecule has 116 valence electrons. The lowest BCUT2D eigenvalue weighted by atomic mass is 9.69. The fraction of sp³-hybridized carbons (Fsp3) is 0.625. The second-order valence-corrected chi connectivity index (χ2v) is 7.54. The predicted molar refractivity (Wildman–Crippen MR) is 80.9 cm³/mol. The summed E-state index contributed by atoms with van der Waals surface area (Å²) < 4.78 is 0. The van der Waals surface area contributed by atoms with E-state index in [2.05, 4.69) is 12.1 Å². The predicted octanol–water partition coefficient (Wildman–Crippen LogP) is 2.39. The summed E-state index contributed by atoms with van der Waals surface area (Å²) in [6.45, 7) is 3.64. The molecule has 3 rings (SSSR count). The zero-order valence-electron chi connectivity index (χ0n) is 12.4. The maximum atomic E-state index is 10.3. The Balaban J connectivity index is 1.69. The molecule has 1 aromatic rings. The molecule has 1 heterocycles. The fourth-order valence-corrected chi connectivity index (χ4v) is 4.16. The van der Waals surface area contributed by atoms with E-state index in [1.165, 1.54) is 4.90 Å². The number of hydrogen-bond acceptors (Lipinski definition) is 5. The Morgan fingerprint density at radius 1 is 1.24 bits per heavy atom. The number of thioether (sulfide) groups is 1. The quantitative estimate of drug-likeness (QED) is 0.663. The first-order valence-electron chi connectivity index (χ1n) is 7.34. The SMILES string of the molecule is C[C@]1(O)[C@H](O)C[C@H]2C[C@@H]1OO[C@]2(C)CSc1ccccc1. The van der Waals surface area contributed by atoms with Gasteiger partial charge in [-0.2, -0.15) is 0 Å². The Bertz CT molecular complexity index is 490. The molecule has 2 bridgehead atoms. The van der Waals surface area contributed by atoms with Crippen LogP contribution in [0.15, 0.2) is 35.2 Å². The summed E-state index contributed by atoms with van der Waals surface area (Å²) in [6.07, 6.45) is 0.0292. The highest BCUT2D eigenvalue weighted by Gasteiger charge is 2.55. The summed E-state index contributed by atoms with van der Waals surface area (Å²) >= 11 is 1.72. The first-order valence-corrected chi connectivity index (χ1v) is 8.33. The Morgan fingerprint density at radius 3 is 2.67 bits per heavy atom. The number of hydrogen-bond donors (Lipinski definition) is 2. The van der Waals surface area contributed by atoms with E-state index >= 15 is 0 Å². The van der Waals surface area contributed by atoms with Crippen LogP contribution in [-0.2, 0) is 9.78 Å². The van der Waals surface area contributed by atoms with E-state index in [1.54, 1.807) is 18.7 Å². The molecule has 0 unspecified atom stereocenters. The van der Waals surface area contributed by atoms with Crippen LogP contribution >= 0.6 is 11.8 Å². The molecule has 1 aliphatic carbocycles. The summed E-state index contributed by atoms with van der Waals surface area (Å²) in [7, 11) is 0. The number of aliphatic hydroxyl groups excluding tert-OH is 1. The summed E-state index contributed by atoms with van der Waals surface area (Å²) in [5, 5.41) is 20.4. The minimum Gasteiger partial charge on any atom is -0.390 e. The molecule has 0 amide bonds. The van der Waals surface area contributed by atoms with Gasteiger partial charge in [0.15, 0.2) is 0 Å². The average Bonchev–Trinajstić information content (AvgIpc) is 2.47. The molecule has 2 fully saturated rings. The highest BCUT2D eigenvalue weighted by molar-refractivity contribution is 7.99. The van der Waals surface area contributed by atoms with Crippen molar-refractivity contribution in [1.29, 1.82) is 0 Å². The van der Waals surface area contributed by atoms with Gasteiger partial charge in [0.25, 0.3) is 0 Å². The molecule has 0 spiro atoms. The topological polar surface area (TPSA) is 58.9 Å². The van der Waals surface area contributed by atoms with Crippen LogP contribution in [0.2, 0.25) is 0 Å². The van der Waals surface area contributed by atoms with Crippen molar-refractivity contribution in [1.82, 2.24) is 0 Å². The van der Waals surface area contributed by atoms with Gasteiger partial charge in [-0.25, -0.2) is 9.78 Å². The van der Waals surface area contributed by atoms with Crippen molar-refractivity contribution in [3.8, 4) is 0 Å². The van der Waals surface area contributed by atoms with E-state index in [-0.39, 0.29) is 5.92 Å². The standard InChI is InChI=1S/C16H22O4S/c1-15(10-21-12-6-4-3-5-7-12)11-8-13(17)16(2,18)14(9-11)19-20-15/h3-7,11,13-14,17-18H,8-10H2,1-2H3/t11-,13+,14-,15+,16-/m0/s1. The van der Waals surface area contributed by atoms with Gasteiger partial charge in [-0.15, -0.1) is 11.8 Å². The maximum Gasteiger partial charge on any atom is 0.124 e. The van der Waals surface area contributed by atoms with Crippen molar-refractivity contribution >= 4 is 11.8 Å². The van der Waals surface area contributed by atoms with E-state index in [0.717, 1.165) is 12.2 Å². The summed E-state index contributed by atoms with van der Waals surface area (Å²) in [5.41, 5.74) is -1.68. The summed E-state index contributed by atoms with van der Waals surface area (Å²) in [6, 6.07) is 10.2. The number of aliphatic hydroxyl groups is 2. The first-order chi connectivity index (χ1) is 9.92. The lowest BCUT2D eigenvalue weighted by Gasteiger charge is -2.52. The molecule has 2 aliphatic rings. The lowest BCUT2D eigenvalue weighted by Crippen LogP contribution is -2.63. The smallest absolute Gasteiger partial charge is 0.124 e. The van der Waals surface area contributed by atoms with E-state index in [1.807, 2.05) is 25.1 Å². The zero-order chi connectivity index (χ0) is 15.1. The van der Waals surface area contributed by atoms with Crippen molar-refractivity contribution in [2.45, 2.75) is 55.0 Å². The van der Waals surface area contributed by atoms with Gasteiger partial charge in [0.2, 0.25) is 0 Å². The highest BCUT2D eigenvalue weighted by atomic mass is 32.2. The molecule has 4 nitrogen and oxygen atoms in total. The van der Waals surface area contributed by atoms with Gasteiger partial charge in [0.1, 0.15) is 17.3 Å². The normalized spacial score (nSPS) is 42.8. The molecule has 5 heteroatoms. The summed E-state index contributed by atoms with van der Waals surface area (Å²) in [5.74, 6) is 0.936. The fourth-order valence-electron chi connectivity index (χ4n) is 3.07. The Morgan fingerprint density at radius 2 is 1.95 bits per heavy atom. The van der Waals surface area contributed by atoms with Crippen molar-refractivity contribution in [3.63, 3.8) is 0 Å². The molecule has 21 heavy (non-hydrogen) atoms. The van der Waals surface area contributed by atoms with Crippen LogP contribution < -0.4 is 0 Å². The van der Waals surface area contributed by atoms with Crippen LogP contribution in [0.1, 0.15) is 26.7 Å². The zero-order valence-corrected chi connectivity index (χ0v) is 13.2. The van der Waals surface area contributed by atoms with Crippen LogP contribution in [0.5, 0.6) is 0 Å². The molecule has 1 saturated heterocycles. The largest absolute Gasteiger partial charge is 0.390 e. The van der Waals surface area contributed by atoms with Crippen molar-refractivity contribution in [2.24, 2.45) is 5.92 Å². The summed E-state index contributed by atoms with van der Waals surface area (Å²) in [4.78, 5) is 12.2. The Kier molecular flexibility index (Phi) is 4.05. The average molecular weight is 310 g/mol. The van der Waals surface area contributed by atoms with Gasteiger partial charge in [-0.05, 0) is 44.7 Å². The van der Waals surface area contributed by atoms with Crippen LogP contribution in [0.3, 0.4) is 0 Å². The molecule has 0 radical (unpaired) electrons. The lowest BCUT2D eigenvalue weighted by molar-refractivity contribution is -0.448. The highest BCUT2D eigenvalue weighted by Crippen LogP contribution is 2.46. The third-order valence-corrected chi connectivity index (χ3v) is 6.14. The van der Waals surface area contributed by atoms with E-state index in [0.29, 0.717) is 6.42 Å². The Labute approximate surface area is 129 Å². The van der Waals surface area contributed by atoms with Crippen molar-refractivity contribution in [3.05, 3.63) is 30.3 Å².